The molecule has 2 rings (SSSR count). The van der Waals surface area contributed by atoms with E-state index in [-0.39, 0.29) is 12.0 Å². The van der Waals surface area contributed by atoms with Gasteiger partial charge in [0.1, 0.15) is 0 Å². The second-order valence-corrected chi connectivity index (χ2v) is 5.20. The first kappa shape index (κ1) is 13.8. The first-order valence-corrected chi connectivity index (χ1v) is 6.71. The summed E-state index contributed by atoms with van der Waals surface area (Å²) in [5.41, 5.74) is 6.75. The molecule has 0 amide bonds. The summed E-state index contributed by atoms with van der Waals surface area (Å²) in [4.78, 5) is 4.41. The van der Waals surface area contributed by atoms with Crippen LogP contribution in [0.4, 0.5) is 0 Å². The quantitative estimate of drug-likeness (QED) is 0.865. The van der Waals surface area contributed by atoms with Crippen LogP contribution in [0.2, 0.25) is 0 Å². The lowest BCUT2D eigenvalue weighted by Crippen LogP contribution is -2.14. The van der Waals surface area contributed by atoms with E-state index < -0.39 is 0 Å². The fraction of sp³-hybridized carbons (Fsp3) is 0.571. The highest BCUT2D eigenvalue weighted by atomic mass is 16.5. The zero-order valence-electron chi connectivity index (χ0n) is 11.7. The lowest BCUT2D eigenvalue weighted by Gasteiger charge is -2.07. The molecule has 19 heavy (non-hydrogen) atoms. The van der Waals surface area contributed by atoms with Crippen LogP contribution in [0.15, 0.2) is 21.3 Å². The van der Waals surface area contributed by atoms with E-state index in [0.29, 0.717) is 17.5 Å². The van der Waals surface area contributed by atoms with Gasteiger partial charge in [-0.1, -0.05) is 18.5 Å². The fourth-order valence-corrected chi connectivity index (χ4v) is 2.00. The number of nitrogens with zero attached hydrogens (tertiary/aromatic N) is 2. The smallest absolute Gasteiger partial charge is 0.238 e. The SMILES string of the molecule is Cc1ccoc1-c1noc(C(C)CCCC(C)N)n1. The van der Waals surface area contributed by atoms with Gasteiger partial charge in [0.15, 0.2) is 5.76 Å². The maximum atomic E-state index is 5.74. The van der Waals surface area contributed by atoms with Crippen molar-refractivity contribution >= 4 is 0 Å². The summed E-state index contributed by atoms with van der Waals surface area (Å²) in [6.45, 7) is 6.07. The molecular weight excluding hydrogens is 242 g/mol. The Hall–Kier alpha value is -1.62. The molecule has 2 atom stereocenters. The highest BCUT2D eigenvalue weighted by molar-refractivity contribution is 5.51. The lowest BCUT2D eigenvalue weighted by atomic mass is 10.0. The predicted octanol–water partition coefficient (Wildman–Crippen LogP) is 3.26. The molecule has 2 heterocycles. The van der Waals surface area contributed by atoms with Crippen LogP contribution in [0.5, 0.6) is 0 Å². The first-order valence-electron chi connectivity index (χ1n) is 6.71. The molecular formula is C14H21N3O2. The zero-order valence-corrected chi connectivity index (χ0v) is 11.7. The number of rotatable bonds is 6. The van der Waals surface area contributed by atoms with Crippen LogP contribution >= 0.6 is 0 Å². The molecule has 2 unspecified atom stereocenters. The van der Waals surface area contributed by atoms with Crippen molar-refractivity contribution < 1.29 is 8.94 Å². The number of nitrogens with two attached hydrogens (primary N) is 1. The minimum Gasteiger partial charge on any atom is -0.461 e. The molecule has 0 spiro atoms. The second kappa shape index (κ2) is 6.02. The number of hydrogen-bond acceptors (Lipinski definition) is 5. The predicted molar refractivity (Wildman–Crippen MR) is 72.7 cm³/mol. The highest BCUT2D eigenvalue weighted by Crippen LogP contribution is 2.25. The Labute approximate surface area is 113 Å². The van der Waals surface area contributed by atoms with Crippen molar-refractivity contribution in [2.45, 2.75) is 52.0 Å². The van der Waals surface area contributed by atoms with Gasteiger partial charge in [-0.15, -0.1) is 0 Å². The van der Waals surface area contributed by atoms with E-state index in [2.05, 4.69) is 17.1 Å². The molecule has 5 heteroatoms. The van der Waals surface area contributed by atoms with E-state index in [4.69, 9.17) is 14.7 Å². The van der Waals surface area contributed by atoms with Gasteiger partial charge in [0.25, 0.3) is 0 Å². The van der Waals surface area contributed by atoms with Crippen molar-refractivity contribution in [2.75, 3.05) is 0 Å². The van der Waals surface area contributed by atoms with Gasteiger partial charge in [-0.3, -0.25) is 0 Å². The van der Waals surface area contributed by atoms with E-state index in [1.807, 2.05) is 19.9 Å². The van der Waals surface area contributed by atoms with E-state index in [0.717, 1.165) is 24.8 Å². The normalized spacial score (nSPS) is 14.5. The Morgan fingerprint density at radius 3 is 2.74 bits per heavy atom. The van der Waals surface area contributed by atoms with Gasteiger partial charge in [0.2, 0.25) is 11.7 Å². The molecule has 104 valence electrons. The summed E-state index contributed by atoms with van der Waals surface area (Å²) in [6.07, 6.45) is 4.71. The highest BCUT2D eigenvalue weighted by Gasteiger charge is 2.17. The third-order valence-corrected chi connectivity index (χ3v) is 3.23. The minimum atomic E-state index is 0.246. The van der Waals surface area contributed by atoms with Gasteiger partial charge in [-0.2, -0.15) is 4.98 Å². The van der Waals surface area contributed by atoms with Gasteiger partial charge < -0.3 is 14.7 Å². The van der Waals surface area contributed by atoms with Crippen LogP contribution < -0.4 is 5.73 Å². The van der Waals surface area contributed by atoms with Gasteiger partial charge in [-0.05, 0) is 38.3 Å². The Morgan fingerprint density at radius 1 is 1.32 bits per heavy atom. The van der Waals surface area contributed by atoms with Gasteiger partial charge in [0.05, 0.1) is 6.26 Å². The van der Waals surface area contributed by atoms with Crippen LogP contribution in [0.1, 0.15) is 50.5 Å². The topological polar surface area (TPSA) is 78.1 Å². The molecule has 0 aliphatic carbocycles. The third-order valence-electron chi connectivity index (χ3n) is 3.23. The number of aryl methyl sites for hydroxylation is 1. The average molecular weight is 263 g/mol. The first-order chi connectivity index (χ1) is 9.08. The minimum absolute atomic E-state index is 0.246. The van der Waals surface area contributed by atoms with E-state index >= 15 is 0 Å². The molecule has 0 aliphatic heterocycles. The number of aromatic nitrogens is 2. The Balaban J connectivity index is 1.99. The van der Waals surface area contributed by atoms with Crippen LogP contribution in [-0.2, 0) is 0 Å². The molecule has 0 fully saturated rings. The second-order valence-electron chi connectivity index (χ2n) is 5.20. The van der Waals surface area contributed by atoms with Gasteiger partial charge in [0, 0.05) is 12.0 Å². The van der Waals surface area contributed by atoms with Crippen molar-refractivity contribution in [3.8, 4) is 11.6 Å². The molecule has 5 nitrogen and oxygen atoms in total. The molecule has 0 radical (unpaired) electrons. The molecule has 0 saturated carbocycles. The van der Waals surface area contributed by atoms with Crippen molar-refractivity contribution in [1.29, 1.82) is 0 Å². The average Bonchev–Trinajstić information content (AvgIpc) is 2.96. The summed E-state index contributed by atoms with van der Waals surface area (Å²) in [7, 11) is 0. The van der Waals surface area contributed by atoms with Gasteiger partial charge in [-0.25, -0.2) is 0 Å². The molecule has 2 aromatic heterocycles. The van der Waals surface area contributed by atoms with Crippen LogP contribution in [-0.4, -0.2) is 16.2 Å². The molecule has 0 aliphatic rings. The Kier molecular flexibility index (Phi) is 4.37. The van der Waals surface area contributed by atoms with Crippen molar-refractivity contribution in [3.05, 3.63) is 23.8 Å². The largest absolute Gasteiger partial charge is 0.461 e. The lowest BCUT2D eigenvalue weighted by molar-refractivity contribution is 0.349. The fourth-order valence-electron chi connectivity index (χ4n) is 2.00. The zero-order chi connectivity index (χ0) is 13.8. The standard InChI is InChI=1S/C14H21N3O2/c1-9-7-8-18-12(9)13-16-14(19-17-13)10(2)5-4-6-11(3)15/h7-8,10-11H,4-6,15H2,1-3H3. The third kappa shape index (κ3) is 3.44. The van der Waals surface area contributed by atoms with Crippen LogP contribution in [0, 0.1) is 6.92 Å². The molecule has 0 bridgehead atoms. The van der Waals surface area contributed by atoms with Crippen molar-refractivity contribution in [1.82, 2.24) is 10.1 Å². The molecule has 0 saturated heterocycles. The van der Waals surface area contributed by atoms with Crippen LogP contribution in [0.3, 0.4) is 0 Å². The summed E-state index contributed by atoms with van der Waals surface area (Å²) in [5.74, 6) is 2.11. The number of hydrogen-bond donors (Lipinski definition) is 1. The van der Waals surface area contributed by atoms with Crippen molar-refractivity contribution in [3.63, 3.8) is 0 Å². The molecule has 0 aromatic carbocycles. The van der Waals surface area contributed by atoms with Crippen molar-refractivity contribution in [2.24, 2.45) is 5.73 Å². The maximum Gasteiger partial charge on any atom is 0.238 e. The monoisotopic (exact) mass is 263 g/mol. The summed E-state index contributed by atoms with van der Waals surface area (Å²) >= 11 is 0. The molecule has 2 N–H and O–H groups in total. The Morgan fingerprint density at radius 2 is 2.11 bits per heavy atom. The Bertz CT molecular complexity index is 516. The van der Waals surface area contributed by atoms with Crippen LogP contribution in [0.25, 0.3) is 11.6 Å². The number of furan rings is 1. The molecule has 2 aromatic rings. The van der Waals surface area contributed by atoms with E-state index in [1.165, 1.54) is 0 Å². The van der Waals surface area contributed by atoms with E-state index in [1.54, 1.807) is 6.26 Å². The maximum absolute atomic E-state index is 5.74. The van der Waals surface area contributed by atoms with Gasteiger partial charge >= 0.3 is 0 Å². The summed E-state index contributed by atoms with van der Waals surface area (Å²) in [5, 5.41) is 3.98. The summed E-state index contributed by atoms with van der Waals surface area (Å²) in [6, 6.07) is 2.13. The summed E-state index contributed by atoms with van der Waals surface area (Å²) < 4.78 is 10.7. The van der Waals surface area contributed by atoms with E-state index in [9.17, 15) is 0 Å².